The van der Waals surface area contributed by atoms with Crippen LogP contribution < -0.4 is 0 Å². The van der Waals surface area contributed by atoms with Crippen molar-refractivity contribution in [1.82, 2.24) is 0 Å². The van der Waals surface area contributed by atoms with E-state index in [2.05, 4.69) is 0 Å². The van der Waals surface area contributed by atoms with E-state index < -0.39 is 0 Å². The Balaban J connectivity index is 2.90. The number of aryl methyl sites for hydroxylation is 2. The van der Waals surface area contributed by atoms with Gasteiger partial charge in [-0.25, -0.2) is 0 Å². The SMILES string of the molecule is Cc1cc(O)c(C)c(O)c1-c1c(C)cc(O)c(C)c1O. The van der Waals surface area contributed by atoms with Crippen LogP contribution in [0.3, 0.4) is 0 Å². The summed E-state index contributed by atoms with van der Waals surface area (Å²) in [4.78, 5) is 0. The molecule has 106 valence electrons. The number of rotatable bonds is 1. The van der Waals surface area contributed by atoms with Crippen molar-refractivity contribution in [1.29, 1.82) is 0 Å². The van der Waals surface area contributed by atoms with E-state index >= 15 is 0 Å². The van der Waals surface area contributed by atoms with E-state index in [1.54, 1.807) is 39.8 Å². The average molecular weight is 274 g/mol. The van der Waals surface area contributed by atoms with E-state index in [9.17, 15) is 20.4 Å². The molecule has 0 atom stereocenters. The first-order valence-electron chi connectivity index (χ1n) is 6.30. The molecule has 2 aromatic carbocycles. The zero-order chi connectivity index (χ0) is 15.2. The molecule has 2 aromatic rings. The second-order valence-corrected chi connectivity index (χ2v) is 5.12. The monoisotopic (exact) mass is 274 g/mol. The summed E-state index contributed by atoms with van der Waals surface area (Å²) in [6.07, 6.45) is 0. The summed E-state index contributed by atoms with van der Waals surface area (Å²) in [7, 11) is 0. The number of phenolic OH excluding ortho intramolecular Hbond substituents is 4. The fraction of sp³-hybridized carbons (Fsp3) is 0.250. The molecule has 0 bridgehead atoms. The minimum Gasteiger partial charge on any atom is -0.508 e. The lowest BCUT2D eigenvalue weighted by Crippen LogP contribution is -1.93. The maximum absolute atomic E-state index is 10.3. The third-order valence-electron chi connectivity index (χ3n) is 3.70. The highest BCUT2D eigenvalue weighted by molar-refractivity contribution is 5.84. The summed E-state index contributed by atoms with van der Waals surface area (Å²) in [5, 5.41) is 40.0. The van der Waals surface area contributed by atoms with Gasteiger partial charge >= 0.3 is 0 Å². The molecular weight excluding hydrogens is 256 g/mol. The van der Waals surface area contributed by atoms with Crippen LogP contribution in [0.4, 0.5) is 0 Å². The molecule has 0 aliphatic carbocycles. The second kappa shape index (κ2) is 4.63. The minimum absolute atomic E-state index is 0.0105. The lowest BCUT2D eigenvalue weighted by Gasteiger charge is -2.17. The smallest absolute Gasteiger partial charge is 0.130 e. The second-order valence-electron chi connectivity index (χ2n) is 5.12. The van der Waals surface area contributed by atoms with Gasteiger partial charge in [0.1, 0.15) is 23.0 Å². The zero-order valence-corrected chi connectivity index (χ0v) is 11.9. The molecule has 0 saturated heterocycles. The molecule has 20 heavy (non-hydrogen) atoms. The van der Waals surface area contributed by atoms with Gasteiger partial charge in [-0.15, -0.1) is 0 Å². The van der Waals surface area contributed by atoms with Crippen molar-refractivity contribution in [2.45, 2.75) is 27.7 Å². The fourth-order valence-electron chi connectivity index (χ4n) is 2.39. The van der Waals surface area contributed by atoms with Crippen LogP contribution in [0.25, 0.3) is 11.1 Å². The number of hydrogen-bond donors (Lipinski definition) is 4. The van der Waals surface area contributed by atoms with Crippen molar-refractivity contribution in [3.05, 3.63) is 34.4 Å². The number of benzene rings is 2. The van der Waals surface area contributed by atoms with Gasteiger partial charge in [-0.1, -0.05) is 0 Å². The Morgan fingerprint density at radius 2 is 0.900 bits per heavy atom. The molecular formula is C16H18O4. The third kappa shape index (κ3) is 1.93. The van der Waals surface area contributed by atoms with Crippen LogP contribution in [-0.4, -0.2) is 20.4 Å². The van der Waals surface area contributed by atoms with Crippen LogP contribution in [0.1, 0.15) is 22.3 Å². The van der Waals surface area contributed by atoms with E-state index in [-0.39, 0.29) is 23.0 Å². The molecule has 0 radical (unpaired) electrons. The Morgan fingerprint density at radius 3 is 1.20 bits per heavy atom. The molecule has 4 heteroatoms. The van der Waals surface area contributed by atoms with Gasteiger partial charge in [-0.05, 0) is 51.0 Å². The Hall–Kier alpha value is -2.36. The summed E-state index contributed by atoms with van der Waals surface area (Å²) in [5.41, 5.74) is 2.95. The standard InChI is InChI=1S/C16H18O4/c1-7-5-11(17)9(3)15(19)13(7)14-8(2)6-12(18)10(4)16(14)20/h5-6,17-20H,1-4H3. The van der Waals surface area contributed by atoms with E-state index in [4.69, 9.17) is 0 Å². The van der Waals surface area contributed by atoms with Gasteiger partial charge in [-0.3, -0.25) is 0 Å². The topological polar surface area (TPSA) is 80.9 Å². The van der Waals surface area contributed by atoms with Crippen molar-refractivity contribution in [2.75, 3.05) is 0 Å². The normalized spacial score (nSPS) is 10.8. The van der Waals surface area contributed by atoms with Gasteiger partial charge in [0.2, 0.25) is 0 Å². The van der Waals surface area contributed by atoms with Gasteiger partial charge in [0.05, 0.1) is 0 Å². The summed E-state index contributed by atoms with van der Waals surface area (Å²) < 4.78 is 0. The molecule has 4 nitrogen and oxygen atoms in total. The van der Waals surface area contributed by atoms with Crippen LogP contribution in [0.5, 0.6) is 23.0 Å². The summed E-state index contributed by atoms with van der Waals surface area (Å²) in [6, 6.07) is 3.09. The van der Waals surface area contributed by atoms with Crippen LogP contribution >= 0.6 is 0 Å². The molecule has 0 spiro atoms. The van der Waals surface area contributed by atoms with Crippen molar-refractivity contribution in [3.63, 3.8) is 0 Å². The first-order chi connectivity index (χ1) is 9.25. The van der Waals surface area contributed by atoms with Gasteiger partial charge in [0.15, 0.2) is 0 Å². The zero-order valence-electron chi connectivity index (χ0n) is 11.9. The average Bonchev–Trinajstić information content (AvgIpc) is 2.37. The van der Waals surface area contributed by atoms with E-state index in [0.717, 1.165) is 0 Å². The van der Waals surface area contributed by atoms with Crippen molar-refractivity contribution in [3.8, 4) is 34.1 Å². The number of phenols is 4. The van der Waals surface area contributed by atoms with Gasteiger partial charge in [-0.2, -0.15) is 0 Å². The van der Waals surface area contributed by atoms with Crippen LogP contribution in [0.15, 0.2) is 12.1 Å². The van der Waals surface area contributed by atoms with Crippen LogP contribution in [0.2, 0.25) is 0 Å². The van der Waals surface area contributed by atoms with E-state index in [1.165, 1.54) is 0 Å². The molecule has 2 rings (SSSR count). The third-order valence-corrected chi connectivity index (χ3v) is 3.70. The van der Waals surface area contributed by atoms with Gasteiger partial charge in [0, 0.05) is 22.3 Å². The fourth-order valence-corrected chi connectivity index (χ4v) is 2.39. The molecule has 0 aromatic heterocycles. The molecule has 0 unspecified atom stereocenters. The highest BCUT2D eigenvalue weighted by Gasteiger charge is 2.21. The van der Waals surface area contributed by atoms with Crippen LogP contribution in [-0.2, 0) is 0 Å². The maximum Gasteiger partial charge on any atom is 0.130 e. The largest absolute Gasteiger partial charge is 0.508 e. The molecule has 0 aliphatic rings. The number of hydrogen-bond acceptors (Lipinski definition) is 4. The quantitative estimate of drug-likeness (QED) is 0.642. The maximum atomic E-state index is 10.3. The van der Waals surface area contributed by atoms with Crippen molar-refractivity contribution >= 4 is 0 Å². The Bertz CT molecular complexity index is 641. The molecule has 0 saturated carbocycles. The Kier molecular flexibility index (Phi) is 3.26. The summed E-state index contributed by atoms with van der Waals surface area (Å²) >= 11 is 0. The van der Waals surface area contributed by atoms with Crippen LogP contribution in [0, 0.1) is 27.7 Å². The van der Waals surface area contributed by atoms with Gasteiger partial charge < -0.3 is 20.4 Å². The number of aromatic hydroxyl groups is 4. The summed E-state index contributed by atoms with van der Waals surface area (Å²) in [5.74, 6) is -0.107. The highest BCUT2D eigenvalue weighted by atomic mass is 16.3. The van der Waals surface area contributed by atoms with Crippen molar-refractivity contribution < 1.29 is 20.4 Å². The predicted octanol–water partition coefficient (Wildman–Crippen LogP) is 3.41. The predicted molar refractivity (Wildman–Crippen MR) is 77.5 cm³/mol. The Morgan fingerprint density at radius 1 is 0.600 bits per heavy atom. The molecule has 0 aliphatic heterocycles. The first-order valence-corrected chi connectivity index (χ1v) is 6.30. The van der Waals surface area contributed by atoms with E-state index in [1.807, 2.05) is 0 Å². The first kappa shape index (κ1) is 14.1. The summed E-state index contributed by atoms with van der Waals surface area (Å²) in [6.45, 7) is 6.70. The highest BCUT2D eigenvalue weighted by Crippen LogP contribution is 2.46. The molecule has 4 N–H and O–H groups in total. The lowest BCUT2D eigenvalue weighted by molar-refractivity contribution is 0.437. The minimum atomic E-state index is -0.0639. The molecule has 0 amide bonds. The molecule has 0 heterocycles. The van der Waals surface area contributed by atoms with Crippen molar-refractivity contribution in [2.24, 2.45) is 0 Å². The Labute approximate surface area is 117 Å². The molecule has 0 fully saturated rings. The van der Waals surface area contributed by atoms with E-state index in [0.29, 0.717) is 33.4 Å². The van der Waals surface area contributed by atoms with Gasteiger partial charge in [0.25, 0.3) is 0 Å². The lowest BCUT2D eigenvalue weighted by atomic mass is 9.91.